The molecule has 3 rings (SSSR count). The molecule has 1 saturated heterocycles. The third-order valence-corrected chi connectivity index (χ3v) is 6.30. The van der Waals surface area contributed by atoms with Crippen LogP contribution in [-0.4, -0.2) is 55.6 Å². The molecule has 1 amide bonds. The van der Waals surface area contributed by atoms with Gasteiger partial charge >= 0.3 is 6.09 Å². The number of amides is 1. The second kappa shape index (κ2) is 7.97. The van der Waals surface area contributed by atoms with E-state index in [0.717, 1.165) is 24.2 Å². The Morgan fingerprint density at radius 1 is 1.26 bits per heavy atom. The number of aliphatic hydroxyl groups is 1. The maximum absolute atomic E-state index is 12.1. The predicted octanol–water partition coefficient (Wildman–Crippen LogP) is 3.57. The molecule has 1 aliphatic heterocycles. The van der Waals surface area contributed by atoms with Crippen molar-refractivity contribution in [3.8, 4) is 11.5 Å². The van der Waals surface area contributed by atoms with E-state index in [1.165, 1.54) is 20.0 Å². The number of hydrogen-bond acceptors (Lipinski definition) is 5. The van der Waals surface area contributed by atoms with Crippen molar-refractivity contribution in [2.45, 2.75) is 57.7 Å². The van der Waals surface area contributed by atoms with Gasteiger partial charge < -0.3 is 24.2 Å². The molecule has 3 atom stereocenters. The molecule has 0 radical (unpaired) electrons. The maximum Gasteiger partial charge on any atom is 0.409 e. The molecule has 150 valence electrons. The van der Waals surface area contributed by atoms with Gasteiger partial charge in [-0.2, -0.15) is 0 Å². The summed E-state index contributed by atoms with van der Waals surface area (Å²) in [5.41, 5.74) is 0.575. The summed E-state index contributed by atoms with van der Waals surface area (Å²) in [6.45, 7) is 4.76. The Balaban J connectivity index is 1.91. The number of nitrogens with zero attached hydrogens (tertiary/aromatic N) is 1. The molecule has 2 aliphatic rings. The smallest absolute Gasteiger partial charge is 0.409 e. The molecule has 27 heavy (non-hydrogen) atoms. The minimum atomic E-state index is -0.571. The summed E-state index contributed by atoms with van der Waals surface area (Å²) in [4.78, 5) is 13.7. The first-order valence-electron chi connectivity index (χ1n) is 9.74. The summed E-state index contributed by atoms with van der Waals surface area (Å²) in [6.07, 6.45) is 3.83. The lowest BCUT2D eigenvalue weighted by Crippen LogP contribution is -2.38. The number of methoxy groups -OCH3 is 2. The van der Waals surface area contributed by atoms with Gasteiger partial charge in [-0.25, -0.2) is 4.79 Å². The van der Waals surface area contributed by atoms with Gasteiger partial charge in [0.15, 0.2) is 11.5 Å². The summed E-state index contributed by atoms with van der Waals surface area (Å²) >= 11 is 0. The molecule has 1 heterocycles. The van der Waals surface area contributed by atoms with Crippen molar-refractivity contribution in [1.29, 1.82) is 0 Å². The van der Waals surface area contributed by atoms with Gasteiger partial charge in [0.1, 0.15) is 0 Å². The molecule has 1 aromatic carbocycles. The largest absolute Gasteiger partial charge is 0.493 e. The van der Waals surface area contributed by atoms with E-state index in [0.29, 0.717) is 18.8 Å². The molecular weight excluding hydrogens is 346 g/mol. The Labute approximate surface area is 161 Å². The summed E-state index contributed by atoms with van der Waals surface area (Å²) in [5.74, 6) is 1.44. The van der Waals surface area contributed by atoms with E-state index in [4.69, 9.17) is 14.2 Å². The average Bonchev–Trinajstić information content (AvgIpc) is 3.29. The molecule has 0 bridgehead atoms. The fraction of sp³-hybridized carbons (Fsp3) is 0.667. The Morgan fingerprint density at radius 3 is 2.56 bits per heavy atom. The van der Waals surface area contributed by atoms with Crippen molar-refractivity contribution in [2.24, 2.45) is 5.41 Å². The highest BCUT2D eigenvalue weighted by atomic mass is 16.5. The number of rotatable bonds is 5. The second-order valence-corrected chi connectivity index (χ2v) is 8.02. The van der Waals surface area contributed by atoms with Crippen molar-refractivity contribution in [3.05, 3.63) is 23.8 Å². The van der Waals surface area contributed by atoms with Crippen LogP contribution in [0.15, 0.2) is 18.2 Å². The van der Waals surface area contributed by atoms with Crippen LogP contribution in [0.3, 0.4) is 0 Å². The monoisotopic (exact) mass is 377 g/mol. The maximum atomic E-state index is 12.1. The SMILES string of the molecule is COC(=O)N1C[C@@H](c2ccc(OC)c(OC3CCCC3)c2)[C@](C)(C(C)O)C1. The summed E-state index contributed by atoms with van der Waals surface area (Å²) in [6, 6.07) is 5.94. The lowest BCUT2D eigenvalue weighted by molar-refractivity contribution is 0.0470. The lowest BCUT2D eigenvalue weighted by atomic mass is 9.72. The predicted molar refractivity (Wildman–Crippen MR) is 102 cm³/mol. The van der Waals surface area contributed by atoms with E-state index >= 15 is 0 Å². The van der Waals surface area contributed by atoms with Gasteiger partial charge in [0.2, 0.25) is 0 Å². The second-order valence-electron chi connectivity index (χ2n) is 8.02. The zero-order valence-electron chi connectivity index (χ0n) is 16.7. The molecule has 1 aliphatic carbocycles. The van der Waals surface area contributed by atoms with Crippen LogP contribution in [0.25, 0.3) is 0 Å². The number of likely N-dealkylation sites (tertiary alicyclic amines) is 1. The number of ether oxygens (including phenoxy) is 3. The average molecular weight is 377 g/mol. The van der Waals surface area contributed by atoms with Gasteiger partial charge in [-0.1, -0.05) is 13.0 Å². The molecule has 0 spiro atoms. The fourth-order valence-corrected chi connectivity index (χ4v) is 4.38. The first-order chi connectivity index (χ1) is 12.9. The van der Waals surface area contributed by atoms with Gasteiger partial charge in [0, 0.05) is 24.4 Å². The normalized spacial score (nSPS) is 26.9. The summed E-state index contributed by atoms with van der Waals surface area (Å²) in [5, 5.41) is 10.5. The van der Waals surface area contributed by atoms with Crippen molar-refractivity contribution >= 4 is 6.09 Å². The van der Waals surface area contributed by atoms with Crippen molar-refractivity contribution < 1.29 is 24.1 Å². The quantitative estimate of drug-likeness (QED) is 0.850. The molecule has 0 aromatic heterocycles. The molecule has 1 N–H and O–H groups in total. The number of hydrogen-bond donors (Lipinski definition) is 1. The Kier molecular flexibility index (Phi) is 5.84. The fourth-order valence-electron chi connectivity index (χ4n) is 4.38. The highest BCUT2D eigenvalue weighted by Gasteiger charge is 2.48. The molecule has 6 heteroatoms. The van der Waals surface area contributed by atoms with E-state index in [2.05, 4.69) is 0 Å². The Morgan fingerprint density at radius 2 is 1.96 bits per heavy atom. The van der Waals surface area contributed by atoms with Crippen molar-refractivity contribution in [3.63, 3.8) is 0 Å². The zero-order chi connectivity index (χ0) is 19.6. The van der Waals surface area contributed by atoms with Gasteiger partial charge in [-0.05, 0) is 50.3 Å². The topological polar surface area (TPSA) is 68.2 Å². The van der Waals surface area contributed by atoms with E-state index in [1.807, 2.05) is 25.1 Å². The Bertz CT molecular complexity index is 671. The van der Waals surface area contributed by atoms with Crippen molar-refractivity contribution in [2.75, 3.05) is 27.3 Å². The molecule has 1 saturated carbocycles. The minimum absolute atomic E-state index is 0.0200. The van der Waals surface area contributed by atoms with Gasteiger partial charge in [0.05, 0.1) is 26.4 Å². The zero-order valence-corrected chi connectivity index (χ0v) is 16.7. The van der Waals surface area contributed by atoms with Gasteiger partial charge in [-0.15, -0.1) is 0 Å². The molecular formula is C21H31NO5. The van der Waals surface area contributed by atoms with Crippen LogP contribution in [-0.2, 0) is 4.74 Å². The summed E-state index contributed by atoms with van der Waals surface area (Å²) in [7, 11) is 3.03. The van der Waals surface area contributed by atoms with Crippen LogP contribution in [0.5, 0.6) is 11.5 Å². The standard InChI is InChI=1S/C21H31NO5/c1-14(23)21(2)13-22(20(24)26-4)12-17(21)15-9-10-18(25-3)19(11-15)27-16-7-5-6-8-16/h9-11,14,16-17,23H,5-8,12-13H2,1-4H3/t14?,17-,21-/m0/s1. The van der Waals surface area contributed by atoms with Crippen LogP contribution in [0, 0.1) is 5.41 Å². The molecule has 1 aromatic rings. The van der Waals surface area contributed by atoms with E-state index < -0.39 is 11.5 Å². The third kappa shape index (κ3) is 3.86. The first-order valence-corrected chi connectivity index (χ1v) is 9.74. The van der Waals surface area contributed by atoms with E-state index in [9.17, 15) is 9.90 Å². The summed E-state index contributed by atoms with van der Waals surface area (Å²) < 4.78 is 16.6. The minimum Gasteiger partial charge on any atom is -0.493 e. The van der Waals surface area contributed by atoms with Crippen LogP contribution >= 0.6 is 0 Å². The van der Waals surface area contributed by atoms with Gasteiger partial charge in [-0.3, -0.25) is 0 Å². The van der Waals surface area contributed by atoms with Gasteiger partial charge in [0.25, 0.3) is 0 Å². The number of aliphatic hydroxyl groups excluding tert-OH is 1. The molecule has 1 unspecified atom stereocenters. The van der Waals surface area contributed by atoms with E-state index in [1.54, 1.807) is 18.9 Å². The lowest BCUT2D eigenvalue weighted by Gasteiger charge is -2.33. The number of carbonyl (C=O) groups excluding carboxylic acids is 1. The molecule has 6 nitrogen and oxygen atoms in total. The molecule has 2 fully saturated rings. The van der Waals surface area contributed by atoms with Crippen LogP contribution < -0.4 is 9.47 Å². The van der Waals surface area contributed by atoms with Crippen LogP contribution in [0.2, 0.25) is 0 Å². The first kappa shape index (κ1) is 19.8. The van der Waals surface area contributed by atoms with Crippen molar-refractivity contribution in [1.82, 2.24) is 4.90 Å². The third-order valence-electron chi connectivity index (χ3n) is 6.30. The van der Waals surface area contributed by atoms with Crippen LogP contribution in [0.4, 0.5) is 4.79 Å². The number of carbonyl (C=O) groups is 1. The Hall–Kier alpha value is -1.95. The van der Waals surface area contributed by atoms with Crippen LogP contribution in [0.1, 0.15) is 51.0 Å². The van der Waals surface area contributed by atoms with E-state index in [-0.39, 0.29) is 18.1 Å². The highest BCUT2D eigenvalue weighted by Crippen LogP contribution is 2.47. The highest BCUT2D eigenvalue weighted by molar-refractivity contribution is 5.68. The number of benzene rings is 1.